The molecule has 1 unspecified atom stereocenters. The van der Waals surface area contributed by atoms with Crippen LogP contribution in [0.1, 0.15) is 22.8 Å². The molecule has 0 aliphatic heterocycles. The van der Waals surface area contributed by atoms with Crippen molar-refractivity contribution in [3.8, 4) is 0 Å². The van der Waals surface area contributed by atoms with Gasteiger partial charge in [-0.15, -0.1) is 0 Å². The van der Waals surface area contributed by atoms with Crippen LogP contribution in [-0.4, -0.2) is 20.0 Å². The molecule has 0 amide bonds. The molecule has 0 bridgehead atoms. The SMILES string of the molecule is CC(Cc1ccc(F)c(C=O)c1F)S(N)(=O)=O. The Labute approximate surface area is 97.5 Å². The molecule has 0 spiro atoms. The van der Waals surface area contributed by atoms with Gasteiger partial charge in [-0.25, -0.2) is 22.3 Å². The van der Waals surface area contributed by atoms with E-state index >= 15 is 0 Å². The maximum absolute atomic E-state index is 13.6. The van der Waals surface area contributed by atoms with Crippen LogP contribution in [0.25, 0.3) is 0 Å². The molecular weight excluding hydrogens is 252 g/mol. The molecule has 1 rings (SSSR count). The molecule has 0 fully saturated rings. The Morgan fingerprint density at radius 2 is 2.00 bits per heavy atom. The van der Waals surface area contributed by atoms with E-state index in [0.29, 0.717) is 0 Å². The van der Waals surface area contributed by atoms with Gasteiger partial charge in [0.15, 0.2) is 6.29 Å². The Hall–Kier alpha value is -1.34. The molecule has 0 aromatic heterocycles. The number of rotatable bonds is 4. The number of nitrogens with two attached hydrogens (primary N) is 1. The van der Waals surface area contributed by atoms with Gasteiger partial charge in [0.25, 0.3) is 0 Å². The van der Waals surface area contributed by atoms with Gasteiger partial charge in [-0.2, -0.15) is 0 Å². The largest absolute Gasteiger partial charge is 0.298 e. The molecule has 1 atom stereocenters. The van der Waals surface area contributed by atoms with Gasteiger partial charge in [-0.1, -0.05) is 6.07 Å². The van der Waals surface area contributed by atoms with Gasteiger partial charge in [-0.3, -0.25) is 4.79 Å². The summed E-state index contributed by atoms with van der Waals surface area (Å²) in [7, 11) is -3.80. The lowest BCUT2D eigenvalue weighted by Crippen LogP contribution is -2.28. The fraction of sp³-hybridized carbons (Fsp3) is 0.300. The van der Waals surface area contributed by atoms with Crippen LogP contribution in [0.3, 0.4) is 0 Å². The number of carbonyl (C=O) groups is 1. The molecule has 1 aromatic rings. The molecule has 2 N–H and O–H groups in total. The lowest BCUT2D eigenvalue weighted by atomic mass is 10.1. The molecule has 0 aliphatic rings. The van der Waals surface area contributed by atoms with Gasteiger partial charge in [0, 0.05) is 0 Å². The molecule has 0 saturated heterocycles. The molecule has 0 radical (unpaired) electrons. The number of halogens is 2. The zero-order valence-electron chi connectivity index (χ0n) is 8.98. The summed E-state index contributed by atoms with van der Waals surface area (Å²) in [5.41, 5.74) is -0.765. The molecular formula is C10H11F2NO3S. The lowest BCUT2D eigenvalue weighted by Gasteiger charge is -2.10. The second kappa shape index (κ2) is 4.89. The summed E-state index contributed by atoms with van der Waals surface area (Å²) in [5.74, 6) is -2.03. The summed E-state index contributed by atoms with van der Waals surface area (Å²) in [6, 6.07) is 2.01. The van der Waals surface area contributed by atoms with Gasteiger partial charge in [0.2, 0.25) is 10.0 Å². The topological polar surface area (TPSA) is 77.2 Å². The smallest absolute Gasteiger partial charge is 0.212 e. The van der Waals surface area contributed by atoms with Crippen molar-refractivity contribution in [2.45, 2.75) is 18.6 Å². The summed E-state index contributed by atoms with van der Waals surface area (Å²) >= 11 is 0. The van der Waals surface area contributed by atoms with Crippen LogP contribution in [-0.2, 0) is 16.4 Å². The van der Waals surface area contributed by atoms with E-state index in [1.807, 2.05) is 0 Å². The number of aldehydes is 1. The first-order valence-electron chi connectivity index (χ1n) is 4.71. The first kappa shape index (κ1) is 13.7. The molecule has 17 heavy (non-hydrogen) atoms. The third-order valence-electron chi connectivity index (χ3n) is 2.39. The van der Waals surface area contributed by atoms with Gasteiger partial charge in [-0.05, 0) is 25.0 Å². The van der Waals surface area contributed by atoms with Crippen molar-refractivity contribution in [3.63, 3.8) is 0 Å². The summed E-state index contributed by atoms with van der Waals surface area (Å²) in [6.45, 7) is 1.30. The quantitative estimate of drug-likeness (QED) is 0.823. The van der Waals surface area contributed by atoms with Gasteiger partial charge < -0.3 is 0 Å². The highest BCUT2D eigenvalue weighted by molar-refractivity contribution is 7.89. The van der Waals surface area contributed by atoms with Crippen molar-refractivity contribution in [2.24, 2.45) is 5.14 Å². The first-order valence-corrected chi connectivity index (χ1v) is 6.32. The summed E-state index contributed by atoms with van der Waals surface area (Å²) in [6.07, 6.45) is -0.165. The number of benzene rings is 1. The zero-order valence-corrected chi connectivity index (χ0v) is 9.80. The lowest BCUT2D eigenvalue weighted by molar-refractivity contribution is 0.111. The van der Waals surface area contributed by atoms with Crippen molar-refractivity contribution in [3.05, 3.63) is 34.9 Å². The molecule has 4 nitrogen and oxygen atoms in total. The van der Waals surface area contributed by atoms with Gasteiger partial charge in [0.1, 0.15) is 11.6 Å². The average molecular weight is 263 g/mol. The molecule has 0 aliphatic carbocycles. The predicted octanol–water partition coefficient (Wildman–Crippen LogP) is 0.997. The molecule has 0 saturated carbocycles. The van der Waals surface area contributed by atoms with Crippen molar-refractivity contribution in [2.75, 3.05) is 0 Å². The van der Waals surface area contributed by atoms with E-state index in [2.05, 4.69) is 0 Å². The van der Waals surface area contributed by atoms with E-state index in [-0.39, 0.29) is 18.3 Å². The highest BCUT2D eigenvalue weighted by atomic mass is 32.2. The fourth-order valence-corrected chi connectivity index (χ4v) is 1.72. The maximum Gasteiger partial charge on any atom is 0.212 e. The van der Waals surface area contributed by atoms with Crippen molar-refractivity contribution >= 4 is 16.3 Å². The molecule has 7 heteroatoms. The van der Waals surface area contributed by atoms with Crippen LogP contribution in [0.5, 0.6) is 0 Å². The minimum Gasteiger partial charge on any atom is -0.298 e. The third kappa shape index (κ3) is 3.07. The predicted molar refractivity (Wildman–Crippen MR) is 58.0 cm³/mol. The maximum atomic E-state index is 13.6. The van der Waals surface area contributed by atoms with E-state index < -0.39 is 32.5 Å². The fourth-order valence-electron chi connectivity index (χ4n) is 1.31. The first-order chi connectivity index (χ1) is 7.77. The van der Waals surface area contributed by atoms with E-state index in [4.69, 9.17) is 5.14 Å². The van der Waals surface area contributed by atoms with E-state index in [1.165, 1.54) is 6.92 Å². The molecule has 1 aromatic carbocycles. The minimum atomic E-state index is -3.80. The van der Waals surface area contributed by atoms with Crippen LogP contribution < -0.4 is 5.14 Å². The van der Waals surface area contributed by atoms with Crippen LogP contribution in [0.15, 0.2) is 12.1 Å². The van der Waals surface area contributed by atoms with Crippen molar-refractivity contribution in [1.29, 1.82) is 0 Å². The van der Waals surface area contributed by atoms with E-state index in [0.717, 1.165) is 12.1 Å². The number of carbonyl (C=O) groups excluding carboxylic acids is 1. The summed E-state index contributed by atoms with van der Waals surface area (Å²) in [4.78, 5) is 10.5. The Bertz CT molecular complexity index is 543. The normalized spacial score (nSPS) is 13.4. The number of sulfonamides is 1. The van der Waals surface area contributed by atoms with Crippen molar-refractivity contribution in [1.82, 2.24) is 0 Å². The number of primary sulfonamides is 1. The van der Waals surface area contributed by atoms with Crippen LogP contribution >= 0.6 is 0 Å². The Kier molecular flexibility index (Phi) is 3.94. The van der Waals surface area contributed by atoms with E-state index in [9.17, 15) is 22.0 Å². The second-order valence-electron chi connectivity index (χ2n) is 3.66. The van der Waals surface area contributed by atoms with Crippen LogP contribution in [0.4, 0.5) is 8.78 Å². The third-order valence-corrected chi connectivity index (χ3v) is 3.68. The summed E-state index contributed by atoms with van der Waals surface area (Å²) in [5, 5.41) is 3.87. The Balaban J connectivity index is 3.13. The Morgan fingerprint density at radius 3 is 2.47 bits per heavy atom. The number of hydrogen-bond acceptors (Lipinski definition) is 3. The molecule has 0 heterocycles. The standard InChI is InChI=1S/C10H11F2NO3S/c1-6(17(13,15)16)4-7-2-3-9(11)8(5-14)10(7)12/h2-3,5-6H,4H2,1H3,(H2,13,15,16). The average Bonchev–Trinajstić information content (AvgIpc) is 2.21. The number of hydrogen-bond donors (Lipinski definition) is 1. The van der Waals surface area contributed by atoms with E-state index in [1.54, 1.807) is 0 Å². The van der Waals surface area contributed by atoms with Gasteiger partial charge >= 0.3 is 0 Å². The summed E-state index contributed by atoms with van der Waals surface area (Å²) < 4.78 is 48.5. The monoisotopic (exact) mass is 263 g/mol. The second-order valence-corrected chi connectivity index (χ2v) is 5.64. The van der Waals surface area contributed by atoms with Crippen molar-refractivity contribution < 1.29 is 22.0 Å². The highest BCUT2D eigenvalue weighted by Crippen LogP contribution is 2.18. The minimum absolute atomic E-state index is 0.0514. The highest BCUT2D eigenvalue weighted by Gasteiger charge is 2.20. The Morgan fingerprint density at radius 1 is 1.41 bits per heavy atom. The molecule has 94 valence electrons. The zero-order chi connectivity index (χ0) is 13.2. The van der Waals surface area contributed by atoms with Crippen LogP contribution in [0.2, 0.25) is 0 Å². The van der Waals surface area contributed by atoms with Crippen LogP contribution in [0, 0.1) is 11.6 Å². The van der Waals surface area contributed by atoms with Gasteiger partial charge in [0.05, 0.1) is 10.8 Å².